The predicted octanol–water partition coefficient (Wildman–Crippen LogP) is 4.58. The van der Waals surface area contributed by atoms with Crippen LogP contribution in [0.3, 0.4) is 0 Å². The highest BCUT2D eigenvalue weighted by atomic mass is 15.5. The highest BCUT2D eigenvalue weighted by Crippen LogP contribution is 2.32. The van der Waals surface area contributed by atoms with Crippen molar-refractivity contribution in [3.05, 3.63) is 84.4 Å². The molecule has 3 aromatic heterocycles. The quantitative estimate of drug-likeness (QED) is 0.382. The van der Waals surface area contributed by atoms with E-state index in [1.807, 2.05) is 65.5 Å². The summed E-state index contributed by atoms with van der Waals surface area (Å²) in [5, 5.41) is 19.4. The summed E-state index contributed by atoms with van der Waals surface area (Å²) in [5.74, 6) is 2.20. The summed E-state index contributed by atoms with van der Waals surface area (Å²) in [4.78, 5) is 9.64. The van der Waals surface area contributed by atoms with Crippen LogP contribution in [0.4, 0.5) is 0 Å². The van der Waals surface area contributed by atoms with Gasteiger partial charge in [-0.1, -0.05) is 74.0 Å². The number of aryl methyl sites for hydroxylation is 1. The Kier molecular flexibility index (Phi) is 5.97. The normalized spacial score (nSPS) is 11.1. The first-order valence-electron chi connectivity index (χ1n) is 11.1. The molecule has 0 fully saturated rings. The Morgan fingerprint density at radius 1 is 0.848 bits per heavy atom. The number of aromatic nitrogens is 8. The molecule has 164 valence electrons. The summed E-state index contributed by atoms with van der Waals surface area (Å²) in [6.07, 6.45) is 4.52. The molecule has 1 N–H and O–H groups in total. The van der Waals surface area contributed by atoms with Gasteiger partial charge >= 0.3 is 0 Å². The monoisotopic (exact) mass is 436 g/mol. The number of tetrazole rings is 1. The molecular formula is C25H24N8. The number of hydrogen-bond acceptors (Lipinski definition) is 6. The largest absolute Gasteiger partial charge is 0.260 e. The van der Waals surface area contributed by atoms with Gasteiger partial charge in [0.15, 0.2) is 5.82 Å². The Labute approximate surface area is 191 Å². The lowest BCUT2D eigenvalue weighted by atomic mass is 9.96. The van der Waals surface area contributed by atoms with Gasteiger partial charge in [-0.2, -0.15) is 10.3 Å². The Hall–Kier alpha value is -4.20. The Balaban J connectivity index is 1.55. The molecule has 0 unspecified atom stereocenters. The van der Waals surface area contributed by atoms with Gasteiger partial charge in [-0.15, -0.1) is 10.2 Å². The van der Waals surface area contributed by atoms with Crippen LogP contribution in [-0.4, -0.2) is 40.4 Å². The number of pyridine rings is 1. The van der Waals surface area contributed by atoms with Crippen LogP contribution in [0.25, 0.3) is 33.9 Å². The van der Waals surface area contributed by atoms with Gasteiger partial charge in [0.1, 0.15) is 5.82 Å². The van der Waals surface area contributed by atoms with Crippen molar-refractivity contribution >= 4 is 0 Å². The van der Waals surface area contributed by atoms with Gasteiger partial charge in [-0.3, -0.25) is 4.98 Å². The average molecular weight is 437 g/mol. The zero-order valence-corrected chi connectivity index (χ0v) is 18.4. The molecule has 2 aromatic carbocycles. The summed E-state index contributed by atoms with van der Waals surface area (Å²) >= 11 is 0. The molecule has 0 saturated carbocycles. The standard InChI is InChI=1S/C25H24N8/c1-2-3-16-33-23(27-24(30-33)18-10-5-4-6-11-18)17-22-20(14-9-15-26-22)19-12-7-8-13-21(19)25-28-31-32-29-25/h4-15H,2-3,16-17H2,1H3,(H,28,29,31,32). The third kappa shape index (κ3) is 4.41. The van der Waals surface area contributed by atoms with Gasteiger partial charge in [0, 0.05) is 29.4 Å². The van der Waals surface area contributed by atoms with Crippen molar-refractivity contribution in [3.63, 3.8) is 0 Å². The molecule has 0 radical (unpaired) electrons. The van der Waals surface area contributed by atoms with Gasteiger partial charge in [0.05, 0.1) is 12.1 Å². The molecule has 0 atom stereocenters. The molecule has 0 aliphatic rings. The lowest BCUT2D eigenvalue weighted by Gasteiger charge is -2.12. The van der Waals surface area contributed by atoms with Crippen molar-refractivity contribution in [2.45, 2.75) is 32.7 Å². The van der Waals surface area contributed by atoms with Gasteiger partial charge < -0.3 is 0 Å². The maximum atomic E-state index is 4.91. The first kappa shape index (κ1) is 20.7. The summed E-state index contributed by atoms with van der Waals surface area (Å²) in [6, 6.07) is 22.1. The van der Waals surface area contributed by atoms with E-state index >= 15 is 0 Å². The number of rotatable bonds is 8. The number of hydrogen-bond donors (Lipinski definition) is 1. The fraction of sp³-hybridized carbons (Fsp3) is 0.200. The van der Waals surface area contributed by atoms with E-state index in [1.165, 1.54) is 0 Å². The first-order chi connectivity index (χ1) is 16.3. The Bertz CT molecular complexity index is 1330. The van der Waals surface area contributed by atoms with Gasteiger partial charge in [0.2, 0.25) is 5.82 Å². The van der Waals surface area contributed by atoms with Gasteiger partial charge in [-0.25, -0.2) is 9.67 Å². The number of H-pyrrole nitrogens is 1. The van der Waals surface area contributed by atoms with Crippen molar-refractivity contribution in [2.24, 2.45) is 0 Å². The highest BCUT2D eigenvalue weighted by molar-refractivity contribution is 5.81. The molecule has 33 heavy (non-hydrogen) atoms. The van der Waals surface area contributed by atoms with E-state index in [1.54, 1.807) is 0 Å². The van der Waals surface area contributed by atoms with Crippen LogP contribution in [-0.2, 0) is 13.0 Å². The van der Waals surface area contributed by atoms with E-state index in [-0.39, 0.29) is 0 Å². The minimum Gasteiger partial charge on any atom is -0.260 e. The van der Waals surface area contributed by atoms with E-state index in [9.17, 15) is 0 Å². The fourth-order valence-electron chi connectivity index (χ4n) is 3.86. The number of unbranched alkanes of at least 4 members (excludes halogenated alkanes) is 1. The molecule has 0 aliphatic carbocycles. The van der Waals surface area contributed by atoms with E-state index in [2.05, 4.69) is 39.7 Å². The van der Waals surface area contributed by atoms with Crippen molar-refractivity contribution in [2.75, 3.05) is 0 Å². The maximum absolute atomic E-state index is 4.91. The second-order valence-corrected chi connectivity index (χ2v) is 7.75. The van der Waals surface area contributed by atoms with Crippen molar-refractivity contribution in [3.8, 4) is 33.9 Å². The minimum atomic E-state index is 0.554. The van der Waals surface area contributed by atoms with Crippen LogP contribution in [0.5, 0.6) is 0 Å². The minimum absolute atomic E-state index is 0.554. The molecule has 8 nitrogen and oxygen atoms in total. The van der Waals surface area contributed by atoms with Crippen LogP contribution in [0.2, 0.25) is 0 Å². The molecule has 8 heteroatoms. The van der Waals surface area contributed by atoms with Crippen LogP contribution < -0.4 is 0 Å². The number of nitrogens with zero attached hydrogens (tertiary/aromatic N) is 7. The second kappa shape index (κ2) is 9.52. The highest BCUT2D eigenvalue weighted by Gasteiger charge is 2.18. The lowest BCUT2D eigenvalue weighted by molar-refractivity contribution is 0.550. The smallest absolute Gasteiger partial charge is 0.205 e. The van der Waals surface area contributed by atoms with E-state index in [4.69, 9.17) is 15.1 Å². The summed E-state index contributed by atoms with van der Waals surface area (Å²) in [5.41, 5.74) is 4.86. The molecule has 0 bridgehead atoms. The molecule has 0 aliphatic heterocycles. The van der Waals surface area contributed by atoms with Crippen LogP contribution >= 0.6 is 0 Å². The zero-order chi connectivity index (χ0) is 22.5. The van der Waals surface area contributed by atoms with Crippen molar-refractivity contribution < 1.29 is 0 Å². The van der Waals surface area contributed by atoms with E-state index < -0.39 is 0 Å². The Morgan fingerprint density at radius 3 is 2.42 bits per heavy atom. The third-order valence-corrected chi connectivity index (χ3v) is 5.52. The number of aromatic amines is 1. The lowest BCUT2D eigenvalue weighted by Crippen LogP contribution is -2.08. The molecule has 3 heterocycles. The maximum Gasteiger partial charge on any atom is 0.205 e. The molecule has 0 amide bonds. The van der Waals surface area contributed by atoms with Crippen LogP contribution in [0.1, 0.15) is 31.3 Å². The number of nitrogens with one attached hydrogen (secondary N) is 1. The second-order valence-electron chi connectivity index (χ2n) is 7.75. The SMILES string of the molecule is CCCCn1nc(-c2ccccc2)nc1Cc1ncccc1-c1ccccc1-c1nn[nH]n1. The number of benzene rings is 2. The summed E-state index contributed by atoms with van der Waals surface area (Å²) in [7, 11) is 0. The molecule has 0 saturated heterocycles. The van der Waals surface area contributed by atoms with E-state index in [0.717, 1.165) is 59.0 Å². The Morgan fingerprint density at radius 2 is 1.64 bits per heavy atom. The first-order valence-corrected chi connectivity index (χ1v) is 11.1. The predicted molar refractivity (Wildman–Crippen MR) is 126 cm³/mol. The fourth-order valence-corrected chi connectivity index (χ4v) is 3.86. The summed E-state index contributed by atoms with van der Waals surface area (Å²) in [6.45, 7) is 3.01. The van der Waals surface area contributed by atoms with Gasteiger partial charge in [0.25, 0.3) is 0 Å². The van der Waals surface area contributed by atoms with Crippen LogP contribution in [0, 0.1) is 0 Å². The van der Waals surface area contributed by atoms with Crippen molar-refractivity contribution in [1.82, 2.24) is 40.4 Å². The summed E-state index contributed by atoms with van der Waals surface area (Å²) < 4.78 is 2.02. The molecule has 5 aromatic rings. The third-order valence-electron chi connectivity index (χ3n) is 5.52. The zero-order valence-electron chi connectivity index (χ0n) is 18.4. The van der Waals surface area contributed by atoms with Crippen LogP contribution in [0.15, 0.2) is 72.9 Å². The average Bonchev–Trinajstić information content (AvgIpc) is 3.54. The van der Waals surface area contributed by atoms with E-state index in [0.29, 0.717) is 12.2 Å². The van der Waals surface area contributed by atoms with Gasteiger partial charge in [-0.05, 0) is 23.3 Å². The molecule has 5 rings (SSSR count). The topological polar surface area (TPSA) is 98.1 Å². The molecule has 0 spiro atoms. The molecular weight excluding hydrogens is 412 g/mol. The van der Waals surface area contributed by atoms with Crippen molar-refractivity contribution in [1.29, 1.82) is 0 Å².